The summed E-state index contributed by atoms with van der Waals surface area (Å²) in [5.74, 6) is -1.09. The van der Waals surface area contributed by atoms with Crippen molar-refractivity contribution < 1.29 is 14.3 Å². The van der Waals surface area contributed by atoms with Gasteiger partial charge in [-0.15, -0.1) is 11.3 Å². The first-order valence-corrected chi connectivity index (χ1v) is 11.0. The van der Waals surface area contributed by atoms with Crippen LogP contribution in [0.25, 0.3) is 27.6 Å². The molecule has 4 aromatic rings. The van der Waals surface area contributed by atoms with Gasteiger partial charge in [-0.1, -0.05) is 48.5 Å². The van der Waals surface area contributed by atoms with E-state index in [2.05, 4.69) is 11.4 Å². The number of esters is 1. The summed E-state index contributed by atoms with van der Waals surface area (Å²) >= 11 is 1.20. The fourth-order valence-corrected chi connectivity index (χ4v) is 4.28. The van der Waals surface area contributed by atoms with Gasteiger partial charge >= 0.3 is 5.97 Å². The van der Waals surface area contributed by atoms with Crippen molar-refractivity contribution in [3.05, 3.63) is 82.7 Å². The zero-order chi connectivity index (χ0) is 22.7. The summed E-state index contributed by atoms with van der Waals surface area (Å²) in [6, 6.07) is 21.4. The summed E-state index contributed by atoms with van der Waals surface area (Å²) in [4.78, 5) is 25.3. The Kier molecular flexibility index (Phi) is 6.02. The van der Waals surface area contributed by atoms with E-state index in [4.69, 9.17) is 4.74 Å². The van der Waals surface area contributed by atoms with Gasteiger partial charge in [0.15, 0.2) is 0 Å². The highest BCUT2D eigenvalue weighted by Crippen LogP contribution is 2.31. The minimum Gasteiger partial charge on any atom is -0.459 e. The fourth-order valence-electron chi connectivity index (χ4n) is 3.51. The largest absolute Gasteiger partial charge is 0.459 e. The molecule has 1 amide bonds. The molecular weight excluding hydrogens is 420 g/mol. The minimum absolute atomic E-state index is 0.0527. The highest BCUT2D eigenvalue weighted by atomic mass is 32.1. The summed E-state index contributed by atoms with van der Waals surface area (Å²) in [5.41, 5.74) is 1.02. The van der Waals surface area contributed by atoms with Crippen molar-refractivity contribution in [3.8, 4) is 6.07 Å². The predicted octanol–water partition coefficient (Wildman–Crippen LogP) is 6.17. The second-order valence-electron chi connectivity index (χ2n) is 7.47. The lowest BCUT2D eigenvalue weighted by Gasteiger charge is -2.10. The molecular formula is C26H20N2O3S. The van der Waals surface area contributed by atoms with Gasteiger partial charge in [-0.2, -0.15) is 5.26 Å². The topological polar surface area (TPSA) is 79.2 Å². The third-order valence-electron chi connectivity index (χ3n) is 4.92. The van der Waals surface area contributed by atoms with Crippen molar-refractivity contribution in [1.82, 2.24) is 0 Å². The predicted molar refractivity (Wildman–Crippen MR) is 129 cm³/mol. The van der Waals surface area contributed by atoms with E-state index >= 15 is 0 Å². The highest BCUT2D eigenvalue weighted by Gasteiger charge is 2.19. The van der Waals surface area contributed by atoms with Gasteiger partial charge < -0.3 is 10.1 Å². The number of hydrogen-bond donors (Lipinski definition) is 1. The Morgan fingerprint density at radius 2 is 1.66 bits per heavy atom. The molecule has 0 aliphatic carbocycles. The first-order chi connectivity index (χ1) is 15.5. The van der Waals surface area contributed by atoms with E-state index in [9.17, 15) is 14.9 Å². The number of anilines is 1. The van der Waals surface area contributed by atoms with Crippen molar-refractivity contribution in [2.24, 2.45) is 0 Å². The molecule has 3 aromatic carbocycles. The summed E-state index contributed by atoms with van der Waals surface area (Å²) in [7, 11) is 0. The number of fused-ring (bicyclic) bond motifs is 2. The molecule has 0 radical (unpaired) electrons. The molecule has 4 rings (SSSR count). The molecule has 0 aliphatic heterocycles. The second kappa shape index (κ2) is 9.04. The van der Waals surface area contributed by atoms with Gasteiger partial charge in [-0.3, -0.25) is 4.79 Å². The monoisotopic (exact) mass is 440 g/mol. The van der Waals surface area contributed by atoms with Crippen molar-refractivity contribution in [3.63, 3.8) is 0 Å². The van der Waals surface area contributed by atoms with Gasteiger partial charge in [0.2, 0.25) is 0 Å². The van der Waals surface area contributed by atoms with E-state index < -0.39 is 11.9 Å². The normalized spacial score (nSPS) is 11.5. The van der Waals surface area contributed by atoms with Crippen LogP contribution in [-0.4, -0.2) is 18.0 Å². The zero-order valence-electron chi connectivity index (χ0n) is 17.6. The summed E-state index contributed by atoms with van der Waals surface area (Å²) in [6.45, 7) is 3.51. The molecule has 158 valence electrons. The SMILES string of the molecule is CC(C)OC(=O)c1ccsc1NC(=O)/C(C#N)=C/c1c2ccccc2cc2ccccc12. The summed E-state index contributed by atoms with van der Waals surface area (Å²) in [5, 5.41) is 18.4. The van der Waals surface area contributed by atoms with Crippen molar-refractivity contribution in [1.29, 1.82) is 5.26 Å². The van der Waals surface area contributed by atoms with Crippen molar-refractivity contribution in [2.45, 2.75) is 20.0 Å². The molecule has 32 heavy (non-hydrogen) atoms. The maximum atomic E-state index is 13.0. The first-order valence-electron chi connectivity index (χ1n) is 10.1. The molecule has 1 N–H and O–H groups in total. The number of ether oxygens (including phenoxy) is 1. The Hall–Kier alpha value is -3.95. The molecule has 0 atom stereocenters. The Balaban J connectivity index is 1.74. The van der Waals surface area contributed by atoms with E-state index in [1.165, 1.54) is 11.3 Å². The average molecular weight is 441 g/mol. The Bertz CT molecular complexity index is 1360. The Morgan fingerprint density at radius 1 is 1.03 bits per heavy atom. The number of nitrogens with one attached hydrogen (secondary N) is 1. The van der Waals surface area contributed by atoms with Crippen molar-refractivity contribution >= 4 is 55.8 Å². The Morgan fingerprint density at radius 3 is 2.25 bits per heavy atom. The van der Waals surface area contributed by atoms with Crippen LogP contribution in [0.5, 0.6) is 0 Å². The van der Waals surface area contributed by atoms with Crippen molar-refractivity contribution in [2.75, 3.05) is 5.32 Å². The molecule has 0 saturated carbocycles. The fraction of sp³-hybridized carbons (Fsp3) is 0.115. The van der Waals surface area contributed by atoms with Crippen LogP contribution in [0.1, 0.15) is 29.8 Å². The summed E-state index contributed by atoms with van der Waals surface area (Å²) in [6.07, 6.45) is 1.33. The number of thiophene rings is 1. The number of carbonyl (C=O) groups excluding carboxylic acids is 2. The molecule has 0 saturated heterocycles. The quantitative estimate of drug-likeness (QED) is 0.174. The van der Waals surface area contributed by atoms with E-state index in [0.29, 0.717) is 5.00 Å². The van der Waals surface area contributed by atoms with Crippen LogP contribution in [0.3, 0.4) is 0 Å². The number of benzene rings is 3. The molecule has 5 nitrogen and oxygen atoms in total. The molecule has 0 unspecified atom stereocenters. The van der Waals surface area contributed by atoms with Gasteiger partial charge in [-0.25, -0.2) is 4.79 Å². The molecule has 0 aliphatic rings. The lowest BCUT2D eigenvalue weighted by Crippen LogP contribution is -2.17. The van der Waals surface area contributed by atoms with Crippen LogP contribution in [0.4, 0.5) is 5.00 Å². The maximum Gasteiger partial charge on any atom is 0.341 e. The third-order valence-corrected chi connectivity index (χ3v) is 5.75. The number of nitrogens with zero attached hydrogens (tertiary/aromatic N) is 1. The number of hydrogen-bond acceptors (Lipinski definition) is 5. The number of rotatable bonds is 5. The first kappa shape index (κ1) is 21.3. The Labute approximate surface area is 189 Å². The third kappa shape index (κ3) is 4.25. The molecule has 0 bridgehead atoms. The highest BCUT2D eigenvalue weighted by molar-refractivity contribution is 7.14. The van der Waals surface area contributed by atoms with Gasteiger partial charge in [0.25, 0.3) is 5.91 Å². The summed E-state index contributed by atoms with van der Waals surface area (Å²) < 4.78 is 5.23. The number of carbonyl (C=O) groups is 2. The average Bonchev–Trinajstić information content (AvgIpc) is 3.24. The molecule has 0 fully saturated rings. The van der Waals surface area contributed by atoms with Gasteiger partial charge in [0.05, 0.1) is 11.7 Å². The number of amides is 1. The molecule has 1 aromatic heterocycles. The lowest BCUT2D eigenvalue weighted by atomic mass is 9.95. The van der Waals surface area contributed by atoms with E-state index in [1.54, 1.807) is 31.4 Å². The standard InChI is InChI=1S/C26H20N2O3S/c1-16(2)31-26(30)22-11-12-32-25(22)28-24(29)19(15-27)14-23-20-9-5-3-7-17(20)13-18-8-4-6-10-21(18)23/h3-14,16H,1-2H3,(H,28,29)/b19-14+. The molecule has 6 heteroatoms. The zero-order valence-corrected chi connectivity index (χ0v) is 18.4. The van der Waals surface area contributed by atoms with Gasteiger partial charge in [-0.05, 0) is 64.5 Å². The van der Waals surface area contributed by atoms with E-state index in [-0.39, 0.29) is 17.2 Å². The minimum atomic E-state index is -0.578. The van der Waals surface area contributed by atoms with E-state index in [0.717, 1.165) is 27.1 Å². The van der Waals surface area contributed by atoms with Crippen LogP contribution >= 0.6 is 11.3 Å². The molecule has 0 spiro atoms. The van der Waals surface area contributed by atoms with Crippen LogP contribution in [0, 0.1) is 11.3 Å². The van der Waals surface area contributed by atoms with Gasteiger partial charge in [0, 0.05) is 0 Å². The maximum absolute atomic E-state index is 13.0. The van der Waals surface area contributed by atoms with Gasteiger partial charge in [0.1, 0.15) is 16.6 Å². The lowest BCUT2D eigenvalue weighted by molar-refractivity contribution is -0.112. The number of nitriles is 1. The molecule has 1 heterocycles. The second-order valence-corrected chi connectivity index (χ2v) is 8.39. The van der Waals surface area contributed by atoms with Crippen LogP contribution in [0.15, 0.2) is 71.6 Å². The van der Waals surface area contributed by atoms with E-state index in [1.807, 2.05) is 54.6 Å². The van der Waals surface area contributed by atoms with Crippen LogP contribution in [-0.2, 0) is 9.53 Å². The smallest absolute Gasteiger partial charge is 0.341 e. The van der Waals surface area contributed by atoms with Crippen LogP contribution in [0.2, 0.25) is 0 Å². The van der Waals surface area contributed by atoms with Crippen LogP contribution < -0.4 is 5.32 Å².